The lowest BCUT2D eigenvalue weighted by Gasteiger charge is -2.35. The van der Waals surface area contributed by atoms with Crippen molar-refractivity contribution in [2.24, 2.45) is 5.41 Å². The number of amides is 2. The van der Waals surface area contributed by atoms with Crippen LogP contribution in [0.15, 0.2) is 73.8 Å². The molecular weight excluding hydrogens is 566 g/mol. The molecule has 2 aromatic rings. The molecule has 3 rings (SSSR count). The number of aliphatic hydroxyl groups is 1. The number of nitrogens with zero attached hydrogens (tertiary/aromatic N) is 1. The maximum absolute atomic E-state index is 13.8. The van der Waals surface area contributed by atoms with E-state index in [4.69, 9.17) is 9.47 Å². The Labute approximate surface area is 269 Å². The predicted molar refractivity (Wildman–Crippen MR) is 180 cm³/mol. The first-order valence-corrected chi connectivity index (χ1v) is 16.1. The highest BCUT2D eigenvalue weighted by Crippen LogP contribution is 2.42. The van der Waals surface area contributed by atoms with Gasteiger partial charge >= 0.3 is 0 Å². The molecule has 0 saturated carbocycles. The number of unbranched alkanes of at least 4 members (excludes halogenated alkanes) is 1. The van der Waals surface area contributed by atoms with Crippen LogP contribution < -0.4 is 15.4 Å². The Kier molecular flexibility index (Phi) is 13.8. The van der Waals surface area contributed by atoms with Crippen LogP contribution in [0.25, 0.3) is 0 Å². The van der Waals surface area contributed by atoms with Gasteiger partial charge in [0.05, 0.1) is 32.0 Å². The van der Waals surface area contributed by atoms with Gasteiger partial charge in [-0.15, -0.1) is 13.2 Å². The zero-order valence-electron chi connectivity index (χ0n) is 27.8. The third-order valence-corrected chi connectivity index (χ3v) is 8.76. The minimum Gasteiger partial charge on any atom is -0.497 e. The molecule has 8 heteroatoms. The molecule has 0 aromatic heterocycles. The van der Waals surface area contributed by atoms with Crippen molar-refractivity contribution in [2.45, 2.75) is 89.6 Å². The summed E-state index contributed by atoms with van der Waals surface area (Å²) in [5.41, 5.74) is 2.54. The maximum Gasteiger partial charge on any atom is 0.243 e. The second-order valence-electron chi connectivity index (χ2n) is 12.6. The number of hydrogen-bond donors (Lipinski definition) is 3. The Balaban J connectivity index is 1.79. The van der Waals surface area contributed by atoms with Crippen LogP contribution in [0.5, 0.6) is 5.75 Å². The Hall–Kier alpha value is -3.46. The van der Waals surface area contributed by atoms with Gasteiger partial charge in [-0.1, -0.05) is 82.2 Å². The number of hydrogen-bond acceptors (Lipinski definition) is 6. The number of fused-ring (bicyclic) bond motifs is 1. The van der Waals surface area contributed by atoms with Crippen molar-refractivity contribution in [3.05, 3.63) is 90.5 Å². The Morgan fingerprint density at radius 3 is 2.51 bits per heavy atom. The second kappa shape index (κ2) is 17.3. The number of ether oxygens (including phenoxy) is 2. The number of carbonyl (C=O) groups excluding carboxylic acids is 2. The predicted octanol–water partition coefficient (Wildman–Crippen LogP) is 5.68. The van der Waals surface area contributed by atoms with Crippen molar-refractivity contribution < 1.29 is 24.2 Å². The minimum absolute atomic E-state index is 0.0738. The SMILES string of the molecule is C=CCO[C@@H]1C[C@H](NC[C@@H](O)[C@H](Cc2ccccc2)NC(=O)C(CC=C)N(C)C(=O)C(C)(C)CCCC)c2cc(OC)ccc21. The number of nitrogens with one attached hydrogen (secondary N) is 2. The van der Waals surface area contributed by atoms with Crippen molar-refractivity contribution in [3.8, 4) is 5.75 Å². The molecule has 1 aliphatic carbocycles. The van der Waals surface area contributed by atoms with Crippen LogP contribution in [0, 0.1) is 5.41 Å². The molecule has 0 radical (unpaired) electrons. The van der Waals surface area contributed by atoms with Gasteiger partial charge in [0.25, 0.3) is 0 Å². The molecule has 0 spiro atoms. The van der Waals surface area contributed by atoms with Crippen molar-refractivity contribution in [1.82, 2.24) is 15.5 Å². The van der Waals surface area contributed by atoms with E-state index >= 15 is 0 Å². The van der Waals surface area contributed by atoms with Crippen LogP contribution in [-0.2, 0) is 20.7 Å². The third-order valence-electron chi connectivity index (χ3n) is 8.76. The number of likely N-dealkylation sites (N-methyl/N-ethyl adjacent to an activating group) is 1. The van der Waals surface area contributed by atoms with Gasteiger partial charge in [-0.3, -0.25) is 9.59 Å². The molecule has 3 N–H and O–H groups in total. The zero-order valence-corrected chi connectivity index (χ0v) is 27.8. The number of aliphatic hydroxyl groups excluding tert-OH is 1. The fourth-order valence-corrected chi connectivity index (χ4v) is 6.06. The summed E-state index contributed by atoms with van der Waals surface area (Å²) in [6.07, 6.45) is 6.47. The molecule has 1 aliphatic rings. The van der Waals surface area contributed by atoms with Crippen molar-refractivity contribution in [2.75, 3.05) is 27.3 Å². The number of rotatable bonds is 19. The summed E-state index contributed by atoms with van der Waals surface area (Å²) in [6.45, 7) is 14.3. The Morgan fingerprint density at radius 1 is 1.13 bits per heavy atom. The molecule has 0 bridgehead atoms. The van der Waals surface area contributed by atoms with Gasteiger partial charge in [-0.25, -0.2) is 0 Å². The third kappa shape index (κ3) is 9.76. The maximum atomic E-state index is 13.8. The normalized spacial score (nSPS) is 17.9. The molecule has 246 valence electrons. The van der Waals surface area contributed by atoms with E-state index in [1.165, 1.54) is 0 Å². The number of methoxy groups -OCH3 is 1. The fraction of sp³-hybridized carbons (Fsp3) is 0.514. The molecule has 2 aromatic carbocycles. The van der Waals surface area contributed by atoms with Crippen LogP contribution >= 0.6 is 0 Å². The van der Waals surface area contributed by atoms with Gasteiger partial charge in [0.15, 0.2) is 0 Å². The quantitative estimate of drug-likeness (QED) is 0.175. The van der Waals surface area contributed by atoms with Gasteiger partial charge in [-0.05, 0) is 54.5 Å². The summed E-state index contributed by atoms with van der Waals surface area (Å²) < 4.78 is 11.5. The number of carbonyl (C=O) groups is 2. The Bertz CT molecular complexity index is 1260. The van der Waals surface area contributed by atoms with Gasteiger partial charge in [0, 0.05) is 25.0 Å². The van der Waals surface area contributed by atoms with E-state index < -0.39 is 23.6 Å². The molecule has 5 atom stereocenters. The van der Waals surface area contributed by atoms with Crippen molar-refractivity contribution >= 4 is 11.8 Å². The summed E-state index contributed by atoms with van der Waals surface area (Å²) in [6, 6.07) is 14.3. The smallest absolute Gasteiger partial charge is 0.243 e. The van der Waals surface area contributed by atoms with Gasteiger partial charge in [0.1, 0.15) is 11.8 Å². The highest BCUT2D eigenvalue weighted by molar-refractivity contribution is 5.90. The van der Waals surface area contributed by atoms with E-state index in [2.05, 4.69) is 30.7 Å². The summed E-state index contributed by atoms with van der Waals surface area (Å²) in [4.78, 5) is 28.9. The van der Waals surface area contributed by atoms with Crippen molar-refractivity contribution in [1.29, 1.82) is 0 Å². The average molecular weight is 620 g/mol. The van der Waals surface area contributed by atoms with E-state index in [0.717, 1.165) is 41.7 Å². The topological polar surface area (TPSA) is 100 Å². The molecule has 0 saturated heterocycles. The summed E-state index contributed by atoms with van der Waals surface area (Å²) in [5, 5.41) is 18.2. The van der Waals surface area contributed by atoms with E-state index in [1.807, 2.05) is 62.4 Å². The summed E-state index contributed by atoms with van der Waals surface area (Å²) in [7, 11) is 3.33. The lowest BCUT2D eigenvalue weighted by molar-refractivity contribution is -0.146. The van der Waals surface area contributed by atoms with Crippen LogP contribution in [-0.4, -0.2) is 67.3 Å². The van der Waals surface area contributed by atoms with E-state index in [-0.39, 0.29) is 30.5 Å². The number of benzene rings is 2. The molecule has 0 aliphatic heterocycles. The first-order valence-electron chi connectivity index (χ1n) is 16.1. The second-order valence-corrected chi connectivity index (χ2v) is 12.6. The van der Waals surface area contributed by atoms with Gasteiger partial charge in [-0.2, -0.15) is 0 Å². The fourth-order valence-electron chi connectivity index (χ4n) is 6.06. The first-order chi connectivity index (χ1) is 21.6. The molecule has 1 unspecified atom stereocenters. The van der Waals surface area contributed by atoms with Crippen molar-refractivity contribution in [3.63, 3.8) is 0 Å². The summed E-state index contributed by atoms with van der Waals surface area (Å²) >= 11 is 0. The van der Waals surface area contributed by atoms with E-state index in [1.54, 1.807) is 31.2 Å². The molecular formula is C37H53N3O5. The summed E-state index contributed by atoms with van der Waals surface area (Å²) in [5.74, 6) is 0.360. The highest BCUT2D eigenvalue weighted by Gasteiger charge is 2.37. The van der Waals surface area contributed by atoms with Gasteiger partial charge < -0.3 is 30.1 Å². The average Bonchev–Trinajstić information content (AvgIpc) is 3.39. The largest absolute Gasteiger partial charge is 0.497 e. The van der Waals surface area contributed by atoms with Crippen LogP contribution in [0.1, 0.15) is 81.7 Å². The minimum atomic E-state index is -0.914. The zero-order chi connectivity index (χ0) is 33.0. The molecule has 45 heavy (non-hydrogen) atoms. The lowest BCUT2D eigenvalue weighted by Crippen LogP contribution is -2.56. The molecule has 2 amide bonds. The van der Waals surface area contributed by atoms with Crippen LogP contribution in [0.4, 0.5) is 0 Å². The molecule has 0 heterocycles. The van der Waals surface area contributed by atoms with Gasteiger partial charge in [0.2, 0.25) is 11.8 Å². The molecule has 0 fully saturated rings. The van der Waals surface area contributed by atoms with E-state index in [0.29, 0.717) is 25.9 Å². The molecule has 8 nitrogen and oxygen atoms in total. The van der Waals surface area contributed by atoms with Crippen LogP contribution in [0.3, 0.4) is 0 Å². The highest BCUT2D eigenvalue weighted by atomic mass is 16.5. The van der Waals surface area contributed by atoms with Crippen LogP contribution in [0.2, 0.25) is 0 Å². The van der Waals surface area contributed by atoms with E-state index in [9.17, 15) is 14.7 Å². The monoisotopic (exact) mass is 619 g/mol. The lowest BCUT2D eigenvalue weighted by atomic mass is 9.85. The first kappa shape index (κ1) is 36.0. The Morgan fingerprint density at radius 2 is 1.87 bits per heavy atom. The standard InChI is InChI=1S/C37H53N3O5/c1-8-11-20-37(4,5)36(43)40(6)32(15-9-2)35(42)39-31(22-26-16-13-12-14-17-26)33(41)25-38-30-24-34(45-21-10-3)28-19-18-27(44-7)23-29(28)30/h9-10,12-14,16-19,23,30-34,38,41H,2-3,8,11,15,20-22,24-25H2,1,4-7H3,(H,39,42)/t30-,31-,32?,33+,34+/m0/s1.